The van der Waals surface area contributed by atoms with Gasteiger partial charge < -0.3 is 50.2 Å². The molecule has 0 bridgehead atoms. The molecule has 1 saturated heterocycles. The highest BCUT2D eigenvalue weighted by Crippen LogP contribution is 2.71. The molecule has 1 aliphatic heterocycles. The first-order valence-corrected chi connectivity index (χ1v) is 19.2. The second-order valence-electron chi connectivity index (χ2n) is 16.6. The number of aliphatic hydroxyl groups is 6. The molecule has 5 aliphatic rings. The third-order valence-corrected chi connectivity index (χ3v) is 13.4. The first-order chi connectivity index (χ1) is 25.6. The summed E-state index contributed by atoms with van der Waals surface area (Å²) >= 11 is 0. The largest absolute Gasteiger partial charge is 0.454 e. The minimum atomic E-state index is -2.59. The van der Waals surface area contributed by atoms with E-state index in [9.17, 15) is 49.8 Å². The van der Waals surface area contributed by atoms with Gasteiger partial charge in [0, 0.05) is 55.3 Å². The Morgan fingerprint density at radius 2 is 1.73 bits per heavy atom. The van der Waals surface area contributed by atoms with Gasteiger partial charge in [-0.25, -0.2) is 4.39 Å². The van der Waals surface area contributed by atoms with Crippen LogP contribution in [0.25, 0.3) is 0 Å². The predicted octanol–water partition coefficient (Wildman–Crippen LogP) is 0.633. The molecule has 0 spiro atoms. The topological polar surface area (TPSA) is 246 Å². The molecule has 0 radical (unpaired) electrons. The van der Waals surface area contributed by atoms with E-state index < -0.39 is 131 Å². The molecule has 2 unspecified atom stereocenters. The van der Waals surface area contributed by atoms with Crippen molar-refractivity contribution in [1.29, 1.82) is 0 Å². The van der Waals surface area contributed by atoms with Crippen molar-refractivity contribution in [3.05, 3.63) is 23.8 Å². The Hall–Kier alpha value is -3.12. The molecule has 1 heterocycles. The smallest absolute Gasteiger partial charge is 0.306 e. The van der Waals surface area contributed by atoms with Crippen molar-refractivity contribution in [2.24, 2.45) is 28.6 Å². The van der Waals surface area contributed by atoms with Crippen LogP contribution in [-0.4, -0.2) is 126 Å². The average Bonchev–Trinajstić information content (AvgIpc) is 3.33. The average molecular weight is 782 g/mol. The van der Waals surface area contributed by atoms with Crippen molar-refractivity contribution >= 4 is 29.4 Å². The molecule has 4 aliphatic carbocycles. The fourth-order valence-electron chi connectivity index (χ4n) is 10.7. The Morgan fingerprint density at radius 3 is 2.33 bits per heavy atom. The lowest BCUT2D eigenvalue weighted by atomic mass is 9.44. The van der Waals surface area contributed by atoms with Gasteiger partial charge in [0.2, 0.25) is 11.7 Å². The number of aliphatic hydroxyl groups excluding tert-OH is 5. The lowest BCUT2D eigenvalue weighted by molar-refractivity contribution is -0.309. The predicted molar refractivity (Wildman–Crippen MR) is 189 cm³/mol. The number of carbonyl (C=O) groups is 5. The third-order valence-electron chi connectivity index (χ3n) is 13.4. The van der Waals surface area contributed by atoms with E-state index in [1.807, 2.05) is 0 Å². The molecule has 0 aromatic heterocycles. The van der Waals surface area contributed by atoms with E-state index in [1.54, 1.807) is 20.8 Å². The van der Waals surface area contributed by atoms with Crippen molar-refractivity contribution in [1.82, 2.24) is 5.32 Å². The first-order valence-electron chi connectivity index (χ1n) is 19.2. The molecule has 16 heteroatoms. The lowest BCUT2D eigenvalue weighted by Gasteiger charge is -2.63. The molecular formula is C39H56FNO14. The van der Waals surface area contributed by atoms with Gasteiger partial charge >= 0.3 is 11.9 Å². The van der Waals surface area contributed by atoms with Gasteiger partial charge in [-0.15, -0.1) is 0 Å². The number of esters is 2. The summed E-state index contributed by atoms with van der Waals surface area (Å²) in [5.41, 5.74) is -6.69. The zero-order valence-electron chi connectivity index (χ0n) is 32.2. The number of Topliss-reactive ketones (excluding diaryl/α,β-unsaturated/α-hetero) is 1. The molecular weight excluding hydrogens is 725 g/mol. The summed E-state index contributed by atoms with van der Waals surface area (Å²) in [6.45, 7) is 8.08. The lowest BCUT2D eigenvalue weighted by Crippen LogP contribution is -2.71. The summed E-state index contributed by atoms with van der Waals surface area (Å²) in [6.07, 6.45) is -8.36. The van der Waals surface area contributed by atoms with E-state index >= 15 is 9.18 Å². The van der Waals surface area contributed by atoms with E-state index in [1.165, 1.54) is 32.1 Å². The summed E-state index contributed by atoms with van der Waals surface area (Å²) in [6, 6.07) is -1.40. The zero-order chi connectivity index (χ0) is 41.1. The maximum Gasteiger partial charge on any atom is 0.306 e. The number of hydrogen-bond donors (Lipinski definition) is 7. The molecule has 15 nitrogen and oxygen atoms in total. The van der Waals surface area contributed by atoms with Gasteiger partial charge in [-0.3, -0.25) is 24.0 Å². The Bertz CT molecular complexity index is 1620. The van der Waals surface area contributed by atoms with Gasteiger partial charge in [-0.05, 0) is 50.7 Å². The fraction of sp³-hybridized carbons (Fsp3) is 0.769. The summed E-state index contributed by atoms with van der Waals surface area (Å²) < 4.78 is 35.7. The Balaban J connectivity index is 1.59. The van der Waals surface area contributed by atoms with E-state index in [-0.39, 0.29) is 37.9 Å². The first kappa shape index (κ1) is 43.0. The van der Waals surface area contributed by atoms with Crippen molar-refractivity contribution in [3.8, 4) is 0 Å². The van der Waals surface area contributed by atoms with Crippen LogP contribution < -0.4 is 5.32 Å². The molecule has 15 atom stereocenters. The van der Waals surface area contributed by atoms with Crippen molar-refractivity contribution in [2.45, 2.75) is 153 Å². The van der Waals surface area contributed by atoms with Gasteiger partial charge in [0.25, 0.3) is 0 Å². The van der Waals surface area contributed by atoms with Gasteiger partial charge in [0.1, 0.15) is 18.3 Å². The SMILES string of the molecule is CCC(=O)OC(C[C@]1(O)C[C@H](O)[C@@H](NC(C)=O)[C@H]([C@H](O)[C@H](O)CO)O1)C(=O)[C@@]1(OC(=O)CC)[C@@H](C)C[C@H]2[C@@H]3CCC4=CC(=O)C=C[C@]4(C)C3(F)[C@@H](O)C[C@@]21C. The Kier molecular flexibility index (Phi) is 12.0. The third kappa shape index (κ3) is 6.88. The molecule has 3 saturated carbocycles. The summed E-state index contributed by atoms with van der Waals surface area (Å²) in [5.74, 6) is -8.59. The molecule has 0 aromatic carbocycles. The number of allylic oxidation sites excluding steroid dienone is 4. The van der Waals surface area contributed by atoms with Gasteiger partial charge in [0.15, 0.2) is 28.9 Å². The van der Waals surface area contributed by atoms with Crippen LogP contribution in [-0.2, 0) is 38.2 Å². The number of hydrogen-bond acceptors (Lipinski definition) is 14. The number of amides is 1. The zero-order valence-corrected chi connectivity index (χ0v) is 32.2. The normalized spacial score (nSPS) is 42.5. The van der Waals surface area contributed by atoms with E-state index in [4.69, 9.17) is 14.2 Å². The minimum Gasteiger partial charge on any atom is -0.454 e. The van der Waals surface area contributed by atoms with Crippen LogP contribution in [0.4, 0.5) is 4.39 Å². The second kappa shape index (κ2) is 15.3. The highest BCUT2D eigenvalue weighted by molar-refractivity contribution is 6.01. The molecule has 4 fully saturated rings. The maximum atomic E-state index is 18.0. The summed E-state index contributed by atoms with van der Waals surface area (Å²) in [5, 5.41) is 68.2. The van der Waals surface area contributed by atoms with Crippen LogP contribution in [0, 0.1) is 28.6 Å². The number of carbonyl (C=O) groups excluding carboxylic acids is 5. The van der Waals surface area contributed by atoms with Crippen LogP contribution >= 0.6 is 0 Å². The summed E-state index contributed by atoms with van der Waals surface area (Å²) in [7, 11) is 0. The Labute approximate surface area is 319 Å². The van der Waals surface area contributed by atoms with Gasteiger partial charge in [0.05, 0.1) is 24.9 Å². The number of ether oxygens (including phenoxy) is 3. The second-order valence-corrected chi connectivity index (χ2v) is 16.6. The number of fused-ring (bicyclic) bond motifs is 5. The van der Waals surface area contributed by atoms with E-state index in [2.05, 4.69) is 5.32 Å². The number of alkyl halides is 1. The standard InChI is InChI=1S/C39H56FNO14/c1-7-29(48)53-27(16-37(52)15-25(45)31(41-20(4)43)33(55-37)32(50)26(46)18-42)34(51)39(54-30(49)8-2)19(3)13-24-23-10-9-21-14-22(44)11-12-35(21,5)38(23,40)28(47)17-36(24,39)6/h11-12,14,19,23-28,31-33,42,45-47,50,52H,7-10,13,15-18H2,1-6H3,(H,41,43)/t19-,23-,24-,25-,26+,27?,28-,31+,32+,33+,35-,36-,37-,38?,39-/m0/s1. The van der Waals surface area contributed by atoms with Crippen LogP contribution in [0.15, 0.2) is 23.8 Å². The Morgan fingerprint density at radius 1 is 1.07 bits per heavy atom. The molecule has 0 aromatic rings. The quantitative estimate of drug-likeness (QED) is 0.134. The molecule has 1 amide bonds. The fourth-order valence-corrected chi connectivity index (χ4v) is 10.7. The van der Waals surface area contributed by atoms with Gasteiger partial charge in [-0.2, -0.15) is 0 Å². The van der Waals surface area contributed by atoms with E-state index in [0.717, 1.165) is 6.92 Å². The van der Waals surface area contributed by atoms with Crippen molar-refractivity contribution < 1.29 is 73.2 Å². The minimum absolute atomic E-state index is 0.152. The molecule has 308 valence electrons. The molecule has 55 heavy (non-hydrogen) atoms. The molecule has 7 N–H and O–H groups in total. The number of rotatable bonds is 12. The number of ketones is 2. The monoisotopic (exact) mass is 781 g/mol. The number of halogens is 1. The van der Waals surface area contributed by atoms with Crippen molar-refractivity contribution in [3.63, 3.8) is 0 Å². The van der Waals surface area contributed by atoms with E-state index in [0.29, 0.717) is 12.0 Å². The summed E-state index contributed by atoms with van der Waals surface area (Å²) in [4.78, 5) is 66.1. The van der Waals surface area contributed by atoms with Crippen LogP contribution in [0.2, 0.25) is 0 Å². The van der Waals surface area contributed by atoms with Crippen LogP contribution in [0.5, 0.6) is 0 Å². The highest BCUT2D eigenvalue weighted by atomic mass is 19.1. The maximum absolute atomic E-state index is 18.0. The number of nitrogens with one attached hydrogen (secondary N) is 1. The van der Waals surface area contributed by atoms with Crippen LogP contribution in [0.1, 0.15) is 92.9 Å². The van der Waals surface area contributed by atoms with Crippen molar-refractivity contribution in [2.75, 3.05) is 6.61 Å². The highest BCUT2D eigenvalue weighted by Gasteiger charge is 2.78. The van der Waals surface area contributed by atoms with Gasteiger partial charge in [-0.1, -0.05) is 39.3 Å². The molecule has 5 rings (SSSR count). The van der Waals surface area contributed by atoms with Crippen LogP contribution in [0.3, 0.4) is 0 Å².